The molecule has 2 rings (SSSR count). The molecule has 0 aromatic carbocycles. The predicted octanol–water partition coefficient (Wildman–Crippen LogP) is 3.69. The van der Waals surface area contributed by atoms with Crippen molar-refractivity contribution in [2.75, 3.05) is 6.54 Å². The van der Waals surface area contributed by atoms with Gasteiger partial charge in [0.25, 0.3) is 0 Å². The molecule has 0 saturated heterocycles. The Balaban J connectivity index is 2.20. The van der Waals surface area contributed by atoms with Crippen molar-refractivity contribution in [2.24, 2.45) is 11.3 Å². The van der Waals surface area contributed by atoms with Crippen molar-refractivity contribution in [1.82, 2.24) is 15.1 Å². The van der Waals surface area contributed by atoms with E-state index in [9.17, 15) is 0 Å². The molecule has 0 bridgehead atoms. The number of hydrogen-bond acceptors (Lipinski definition) is 2. The van der Waals surface area contributed by atoms with E-state index in [0.717, 1.165) is 42.6 Å². The molecular weight excluding hydrogens is 270 g/mol. The van der Waals surface area contributed by atoms with Crippen molar-refractivity contribution in [3.8, 4) is 0 Å². The van der Waals surface area contributed by atoms with Gasteiger partial charge in [-0.1, -0.05) is 39.3 Å². The van der Waals surface area contributed by atoms with Gasteiger partial charge < -0.3 is 5.32 Å². The Kier molecular flexibility index (Phi) is 4.80. The Morgan fingerprint density at radius 2 is 2.05 bits per heavy atom. The molecule has 1 aliphatic rings. The molecule has 1 aromatic heterocycles. The lowest BCUT2D eigenvalue weighted by Crippen LogP contribution is -2.35. The Labute approximate surface area is 128 Å². The van der Waals surface area contributed by atoms with Crippen molar-refractivity contribution < 1.29 is 0 Å². The summed E-state index contributed by atoms with van der Waals surface area (Å²) < 4.78 is 2.08. The zero-order valence-electron chi connectivity index (χ0n) is 13.5. The molecule has 0 amide bonds. The fourth-order valence-electron chi connectivity index (χ4n) is 3.23. The topological polar surface area (TPSA) is 29.9 Å². The van der Waals surface area contributed by atoms with Crippen LogP contribution in [-0.2, 0) is 19.4 Å². The molecule has 1 aromatic rings. The van der Waals surface area contributed by atoms with E-state index in [1.807, 2.05) is 0 Å². The van der Waals surface area contributed by atoms with Crippen LogP contribution in [0.2, 0.25) is 5.02 Å². The van der Waals surface area contributed by atoms with Crippen molar-refractivity contribution in [2.45, 2.75) is 66.5 Å². The summed E-state index contributed by atoms with van der Waals surface area (Å²) in [5, 5.41) is 9.17. The van der Waals surface area contributed by atoms with Crippen LogP contribution in [0.1, 0.15) is 52.4 Å². The predicted molar refractivity (Wildman–Crippen MR) is 85.3 cm³/mol. The third kappa shape index (κ3) is 3.04. The van der Waals surface area contributed by atoms with Crippen LogP contribution in [0.3, 0.4) is 0 Å². The van der Waals surface area contributed by atoms with Gasteiger partial charge in [0.15, 0.2) is 0 Å². The third-order valence-corrected chi connectivity index (χ3v) is 5.09. The van der Waals surface area contributed by atoms with Crippen LogP contribution in [0.25, 0.3) is 0 Å². The lowest BCUT2D eigenvalue weighted by atomic mass is 9.99. The van der Waals surface area contributed by atoms with Crippen LogP contribution >= 0.6 is 11.6 Å². The Morgan fingerprint density at radius 3 is 2.50 bits per heavy atom. The summed E-state index contributed by atoms with van der Waals surface area (Å²) >= 11 is 6.54. The number of nitrogens with zero attached hydrogens (tertiary/aromatic N) is 2. The van der Waals surface area contributed by atoms with E-state index >= 15 is 0 Å². The summed E-state index contributed by atoms with van der Waals surface area (Å²) in [4.78, 5) is 0. The minimum Gasteiger partial charge on any atom is -0.314 e. The zero-order valence-corrected chi connectivity index (χ0v) is 14.2. The highest BCUT2D eigenvalue weighted by atomic mass is 35.5. The largest absolute Gasteiger partial charge is 0.314 e. The Hall–Kier alpha value is -0.540. The average molecular weight is 298 g/mol. The third-order valence-electron chi connectivity index (χ3n) is 4.65. The van der Waals surface area contributed by atoms with E-state index in [2.05, 4.69) is 49.7 Å². The first kappa shape index (κ1) is 15.8. The van der Waals surface area contributed by atoms with Crippen LogP contribution in [0, 0.1) is 11.3 Å². The van der Waals surface area contributed by atoms with E-state index < -0.39 is 0 Å². The van der Waals surface area contributed by atoms with Gasteiger partial charge in [0.2, 0.25) is 0 Å². The highest BCUT2D eigenvalue weighted by Crippen LogP contribution is 2.54. The molecule has 1 heterocycles. The summed E-state index contributed by atoms with van der Waals surface area (Å²) in [6.07, 6.45) is 3.20. The van der Waals surface area contributed by atoms with Gasteiger partial charge in [-0.15, -0.1) is 0 Å². The lowest BCUT2D eigenvalue weighted by Gasteiger charge is -2.20. The molecule has 3 nitrogen and oxygen atoms in total. The quantitative estimate of drug-likeness (QED) is 0.832. The first-order valence-electron chi connectivity index (χ1n) is 7.92. The second-order valence-electron chi connectivity index (χ2n) is 6.54. The summed E-state index contributed by atoms with van der Waals surface area (Å²) in [7, 11) is 0. The molecule has 0 aliphatic heterocycles. The lowest BCUT2D eigenvalue weighted by molar-refractivity contribution is 0.400. The molecule has 1 aliphatic carbocycles. The Morgan fingerprint density at radius 1 is 1.40 bits per heavy atom. The van der Waals surface area contributed by atoms with Gasteiger partial charge in [-0.05, 0) is 37.6 Å². The standard InChI is InChI=1S/C16H28ClN3/c1-6-12-15(17)14(20(8-3)19-12)9-13(18-7-2)11-10-16(11,4)5/h11,13,18H,6-10H2,1-5H3. The summed E-state index contributed by atoms with van der Waals surface area (Å²) in [5.74, 6) is 0.754. The fourth-order valence-corrected chi connectivity index (χ4v) is 3.58. The second kappa shape index (κ2) is 6.07. The van der Waals surface area contributed by atoms with Crippen molar-refractivity contribution in [3.05, 3.63) is 16.4 Å². The SMILES string of the molecule is CCNC(Cc1c(Cl)c(CC)nn1CC)C1CC1(C)C. The molecule has 1 saturated carbocycles. The number of rotatable bonds is 7. The van der Waals surface area contributed by atoms with Crippen LogP contribution in [0.4, 0.5) is 0 Å². The van der Waals surface area contributed by atoms with E-state index in [4.69, 9.17) is 11.6 Å². The number of halogens is 1. The minimum atomic E-state index is 0.476. The highest BCUT2D eigenvalue weighted by Gasteiger charge is 2.49. The average Bonchev–Trinajstić information content (AvgIpc) is 2.93. The fraction of sp³-hybridized carbons (Fsp3) is 0.812. The first-order chi connectivity index (χ1) is 9.44. The normalized spacial score (nSPS) is 22.0. The maximum absolute atomic E-state index is 6.54. The monoisotopic (exact) mass is 297 g/mol. The van der Waals surface area contributed by atoms with Gasteiger partial charge in [-0.25, -0.2) is 0 Å². The van der Waals surface area contributed by atoms with Crippen LogP contribution in [0.15, 0.2) is 0 Å². The number of aromatic nitrogens is 2. The van der Waals surface area contributed by atoms with Gasteiger partial charge in [-0.2, -0.15) is 5.10 Å². The molecule has 20 heavy (non-hydrogen) atoms. The minimum absolute atomic E-state index is 0.476. The molecular formula is C16H28ClN3. The second-order valence-corrected chi connectivity index (χ2v) is 6.92. The van der Waals surface area contributed by atoms with Crippen LogP contribution < -0.4 is 5.32 Å². The molecule has 0 radical (unpaired) electrons. The molecule has 1 fully saturated rings. The van der Waals surface area contributed by atoms with Gasteiger partial charge in [0, 0.05) is 19.0 Å². The molecule has 114 valence electrons. The zero-order chi connectivity index (χ0) is 14.9. The summed E-state index contributed by atoms with van der Waals surface area (Å²) in [5.41, 5.74) is 2.72. The molecule has 1 N–H and O–H groups in total. The van der Waals surface area contributed by atoms with Crippen LogP contribution in [0.5, 0.6) is 0 Å². The molecule has 0 spiro atoms. The van der Waals surface area contributed by atoms with Gasteiger partial charge in [-0.3, -0.25) is 4.68 Å². The molecule has 4 heteroatoms. The number of nitrogens with one attached hydrogen (secondary N) is 1. The van der Waals surface area contributed by atoms with Crippen molar-refractivity contribution >= 4 is 11.6 Å². The van der Waals surface area contributed by atoms with E-state index in [-0.39, 0.29) is 0 Å². The van der Waals surface area contributed by atoms with Crippen molar-refractivity contribution in [1.29, 1.82) is 0 Å². The van der Waals surface area contributed by atoms with E-state index in [1.54, 1.807) is 0 Å². The van der Waals surface area contributed by atoms with Gasteiger partial charge in [0.05, 0.1) is 16.4 Å². The maximum atomic E-state index is 6.54. The number of hydrogen-bond donors (Lipinski definition) is 1. The van der Waals surface area contributed by atoms with Gasteiger partial charge in [0.1, 0.15) is 0 Å². The Bertz CT molecular complexity index is 465. The summed E-state index contributed by atoms with van der Waals surface area (Å²) in [6, 6.07) is 0.513. The van der Waals surface area contributed by atoms with E-state index in [1.165, 1.54) is 12.1 Å². The van der Waals surface area contributed by atoms with E-state index in [0.29, 0.717) is 11.5 Å². The number of aryl methyl sites for hydroxylation is 2. The highest BCUT2D eigenvalue weighted by molar-refractivity contribution is 6.31. The molecule has 2 atom stereocenters. The number of likely N-dealkylation sites (N-methyl/N-ethyl adjacent to an activating group) is 1. The van der Waals surface area contributed by atoms with Crippen molar-refractivity contribution in [3.63, 3.8) is 0 Å². The molecule has 2 unspecified atom stereocenters. The smallest absolute Gasteiger partial charge is 0.0850 e. The first-order valence-corrected chi connectivity index (χ1v) is 8.29. The van der Waals surface area contributed by atoms with Gasteiger partial charge >= 0.3 is 0 Å². The van der Waals surface area contributed by atoms with Crippen LogP contribution in [-0.4, -0.2) is 22.4 Å². The summed E-state index contributed by atoms with van der Waals surface area (Å²) in [6.45, 7) is 13.0. The maximum Gasteiger partial charge on any atom is 0.0850 e.